The van der Waals surface area contributed by atoms with E-state index < -0.39 is 20.0 Å². The predicted molar refractivity (Wildman–Crippen MR) is 86.4 cm³/mol. The maximum Gasteiger partial charge on any atom is 0.200 e. The molecule has 3 atom stereocenters. The third-order valence-corrected chi connectivity index (χ3v) is 11.2. The van der Waals surface area contributed by atoms with Gasteiger partial charge in [-0.05, 0) is 42.3 Å². The Hall–Kier alpha value is 0.0969. The number of rotatable bonds is 8. The quantitative estimate of drug-likeness (QED) is 0.672. The second-order valence-corrected chi connectivity index (χ2v) is 13.2. The summed E-state index contributed by atoms with van der Waals surface area (Å²) < 4.78 is 6.38. The van der Waals surface area contributed by atoms with Crippen LogP contribution in [0.5, 0.6) is 0 Å². The van der Waals surface area contributed by atoms with Gasteiger partial charge in [-0.25, -0.2) is 0 Å². The van der Waals surface area contributed by atoms with Crippen LogP contribution in [0.25, 0.3) is 0 Å². The molecule has 1 aliphatic carbocycles. The molecule has 20 heavy (non-hydrogen) atoms. The van der Waals surface area contributed by atoms with Crippen LogP contribution < -0.4 is 0 Å². The molecular formula is C16H34O3Si. The van der Waals surface area contributed by atoms with Crippen LogP contribution in [0, 0.1) is 5.92 Å². The van der Waals surface area contributed by atoms with E-state index in [0.717, 1.165) is 6.42 Å². The van der Waals surface area contributed by atoms with Crippen LogP contribution in [0.15, 0.2) is 0 Å². The van der Waals surface area contributed by atoms with Gasteiger partial charge in [0, 0.05) is 0 Å². The molecule has 0 heterocycles. The number of aliphatic hydroxyl groups is 2. The molecule has 0 aromatic rings. The van der Waals surface area contributed by atoms with Crippen molar-refractivity contribution < 1.29 is 14.6 Å². The zero-order valence-corrected chi connectivity index (χ0v) is 15.3. The van der Waals surface area contributed by atoms with Crippen molar-refractivity contribution in [2.45, 2.75) is 89.6 Å². The van der Waals surface area contributed by atoms with Crippen LogP contribution in [0.2, 0.25) is 16.6 Å². The molecule has 0 aliphatic heterocycles. The highest BCUT2D eigenvalue weighted by Gasteiger charge is 2.49. The molecule has 1 aliphatic rings. The molecule has 4 heteroatoms. The van der Waals surface area contributed by atoms with Gasteiger partial charge in [0.1, 0.15) is 0 Å². The van der Waals surface area contributed by atoms with E-state index in [2.05, 4.69) is 41.5 Å². The van der Waals surface area contributed by atoms with Crippen molar-refractivity contribution >= 4 is 8.32 Å². The summed E-state index contributed by atoms with van der Waals surface area (Å²) in [5, 5.41) is 20.0. The monoisotopic (exact) mass is 302 g/mol. The van der Waals surface area contributed by atoms with Crippen molar-refractivity contribution in [2.75, 3.05) is 6.61 Å². The van der Waals surface area contributed by atoms with E-state index in [0.29, 0.717) is 29.7 Å². The van der Waals surface area contributed by atoms with Crippen LogP contribution in [0.1, 0.15) is 61.3 Å². The SMILES string of the molecule is CC(C)[Si](OC[C@H](O)C[C@@H]1C[C@]1(C)O)(C(C)C)C(C)C. The molecule has 0 radical (unpaired) electrons. The first-order chi connectivity index (χ1) is 9.04. The van der Waals surface area contributed by atoms with Gasteiger partial charge in [0.2, 0.25) is 0 Å². The normalized spacial score (nSPS) is 28.5. The Labute approximate surface area is 125 Å². The van der Waals surface area contributed by atoms with Gasteiger partial charge >= 0.3 is 0 Å². The third-order valence-electron chi connectivity index (χ3n) is 5.17. The molecule has 1 rings (SSSR count). The largest absolute Gasteiger partial charge is 0.413 e. The minimum absolute atomic E-state index is 0.245. The average molecular weight is 303 g/mol. The highest BCUT2D eigenvalue weighted by Crippen LogP contribution is 2.46. The summed E-state index contributed by atoms with van der Waals surface area (Å²) in [7, 11) is -1.88. The molecule has 120 valence electrons. The zero-order valence-electron chi connectivity index (χ0n) is 14.3. The fourth-order valence-corrected chi connectivity index (χ4v) is 9.40. The second kappa shape index (κ2) is 6.47. The van der Waals surface area contributed by atoms with Crippen molar-refractivity contribution in [3.8, 4) is 0 Å². The number of aliphatic hydroxyl groups excluding tert-OH is 1. The van der Waals surface area contributed by atoms with E-state index in [1.54, 1.807) is 0 Å². The summed E-state index contributed by atoms with van der Waals surface area (Å²) in [6, 6.07) is 0. The maximum absolute atomic E-state index is 10.2. The van der Waals surface area contributed by atoms with Gasteiger partial charge in [0.15, 0.2) is 8.32 Å². The molecule has 0 aromatic heterocycles. The average Bonchev–Trinajstić information content (AvgIpc) is 2.84. The van der Waals surface area contributed by atoms with Gasteiger partial charge in [0.05, 0.1) is 18.3 Å². The molecule has 1 saturated carbocycles. The van der Waals surface area contributed by atoms with E-state index in [9.17, 15) is 10.2 Å². The molecular weight excluding hydrogens is 268 g/mol. The molecule has 2 N–H and O–H groups in total. The van der Waals surface area contributed by atoms with E-state index in [1.165, 1.54) is 0 Å². The Kier molecular flexibility index (Phi) is 5.87. The summed E-state index contributed by atoms with van der Waals surface area (Å²) >= 11 is 0. The lowest BCUT2D eigenvalue weighted by Crippen LogP contribution is -2.49. The first kappa shape index (κ1) is 18.1. The molecule has 1 fully saturated rings. The Bertz CT molecular complexity index is 291. The second-order valence-electron chi connectivity index (χ2n) is 7.78. The first-order valence-electron chi connectivity index (χ1n) is 8.08. The zero-order chi connectivity index (χ0) is 15.7. The lowest BCUT2D eigenvalue weighted by molar-refractivity contribution is 0.0710. The van der Waals surface area contributed by atoms with Crippen LogP contribution >= 0.6 is 0 Å². The third kappa shape index (κ3) is 3.84. The summed E-state index contributed by atoms with van der Waals surface area (Å²) in [5.41, 5.74) is 1.07. The highest BCUT2D eigenvalue weighted by molar-refractivity contribution is 6.77. The van der Waals surface area contributed by atoms with Crippen molar-refractivity contribution in [1.29, 1.82) is 0 Å². The van der Waals surface area contributed by atoms with Crippen molar-refractivity contribution in [3.63, 3.8) is 0 Å². The first-order valence-corrected chi connectivity index (χ1v) is 10.2. The van der Waals surface area contributed by atoms with E-state index in [-0.39, 0.29) is 5.92 Å². The van der Waals surface area contributed by atoms with Crippen molar-refractivity contribution in [2.24, 2.45) is 5.92 Å². The predicted octanol–water partition coefficient (Wildman–Crippen LogP) is 3.70. The van der Waals surface area contributed by atoms with Gasteiger partial charge in [-0.2, -0.15) is 0 Å². The standard InChI is InChI=1S/C16H34O3Si/c1-11(2)20(12(3)4,13(5)6)19-10-15(17)8-14-9-16(14,7)18/h11-15,17-18H,8-10H2,1-7H3/t14-,15-,16+/m1/s1. The smallest absolute Gasteiger partial charge is 0.200 e. The topological polar surface area (TPSA) is 49.7 Å². The Morgan fingerprint density at radius 3 is 1.80 bits per heavy atom. The van der Waals surface area contributed by atoms with Crippen molar-refractivity contribution in [3.05, 3.63) is 0 Å². The molecule has 3 nitrogen and oxygen atoms in total. The molecule has 0 unspecified atom stereocenters. The maximum atomic E-state index is 10.2. The van der Waals surface area contributed by atoms with Gasteiger partial charge in [-0.15, -0.1) is 0 Å². The lowest BCUT2D eigenvalue weighted by Gasteiger charge is -2.42. The Morgan fingerprint density at radius 1 is 1.10 bits per heavy atom. The minimum Gasteiger partial charge on any atom is -0.413 e. The molecule has 0 bridgehead atoms. The van der Waals surface area contributed by atoms with Crippen LogP contribution in [0.4, 0.5) is 0 Å². The molecule has 0 saturated heterocycles. The summed E-state index contributed by atoms with van der Waals surface area (Å²) in [4.78, 5) is 0. The Morgan fingerprint density at radius 2 is 1.50 bits per heavy atom. The fraction of sp³-hybridized carbons (Fsp3) is 1.00. The minimum atomic E-state index is -1.88. The Balaban J connectivity index is 2.58. The van der Waals surface area contributed by atoms with Crippen LogP contribution in [-0.2, 0) is 4.43 Å². The lowest BCUT2D eigenvalue weighted by atomic mass is 10.1. The van der Waals surface area contributed by atoms with E-state index in [1.807, 2.05) is 6.92 Å². The summed E-state index contributed by atoms with van der Waals surface area (Å²) in [6.07, 6.45) is 1.02. The van der Waals surface area contributed by atoms with Crippen LogP contribution in [-0.4, -0.2) is 36.8 Å². The van der Waals surface area contributed by atoms with Crippen LogP contribution in [0.3, 0.4) is 0 Å². The van der Waals surface area contributed by atoms with E-state index in [4.69, 9.17) is 4.43 Å². The van der Waals surface area contributed by atoms with Gasteiger partial charge in [0.25, 0.3) is 0 Å². The molecule has 0 spiro atoms. The summed E-state index contributed by atoms with van der Waals surface area (Å²) in [5.74, 6) is 0.245. The summed E-state index contributed by atoms with van der Waals surface area (Å²) in [6.45, 7) is 15.8. The van der Waals surface area contributed by atoms with Crippen molar-refractivity contribution in [1.82, 2.24) is 0 Å². The van der Waals surface area contributed by atoms with Gasteiger partial charge in [-0.3, -0.25) is 0 Å². The molecule has 0 aromatic carbocycles. The highest BCUT2D eigenvalue weighted by atomic mass is 28.4. The van der Waals surface area contributed by atoms with Gasteiger partial charge in [-0.1, -0.05) is 41.5 Å². The number of hydrogen-bond donors (Lipinski definition) is 2. The van der Waals surface area contributed by atoms with Gasteiger partial charge < -0.3 is 14.6 Å². The van der Waals surface area contributed by atoms with E-state index >= 15 is 0 Å². The fourth-order valence-electron chi connectivity index (χ4n) is 3.91. The number of hydrogen-bond acceptors (Lipinski definition) is 3. The molecule has 0 amide bonds.